The number of ketones is 3. The number of benzene rings is 1. The molecule has 1 aromatic rings. The van der Waals surface area contributed by atoms with E-state index in [0.717, 1.165) is 0 Å². The van der Waals surface area contributed by atoms with Crippen LogP contribution in [-0.2, 0) is 20.7 Å². The average molecular weight is 542 g/mol. The van der Waals surface area contributed by atoms with Gasteiger partial charge in [-0.25, -0.2) is 0 Å². The minimum absolute atomic E-state index is 0.0431. The molecule has 1 aromatic carbocycles. The number of nitrogens with zero attached hydrogens (tertiary/aromatic N) is 2. The van der Waals surface area contributed by atoms with Crippen LogP contribution in [0.3, 0.4) is 0 Å². The van der Waals surface area contributed by atoms with E-state index in [2.05, 4.69) is 0 Å². The van der Waals surface area contributed by atoms with Crippen LogP contribution in [0.1, 0.15) is 32.7 Å². The Morgan fingerprint density at radius 3 is 2.44 bits per heavy atom. The van der Waals surface area contributed by atoms with Gasteiger partial charge in [0, 0.05) is 30.1 Å². The summed E-state index contributed by atoms with van der Waals surface area (Å²) in [5, 5.41) is 44.5. The molecule has 6 N–H and O–H groups in total. The lowest BCUT2D eigenvalue weighted by Gasteiger charge is -2.50. The van der Waals surface area contributed by atoms with Gasteiger partial charge >= 0.3 is 0 Å². The monoisotopic (exact) mass is 541 g/mol. The maximum absolute atomic E-state index is 13.8. The molecule has 1 fully saturated rings. The number of aliphatic hydroxyl groups excluding tert-OH is 2. The van der Waals surface area contributed by atoms with Crippen LogP contribution in [-0.4, -0.2) is 112 Å². The van der Waals surface area contributed by atoms with Crippen molar-refractivity contribution in [1.29, 1.82) is 0 Å². The maximum atomic E-state index is 13.8. The van der Waals surface area contributed by atoms with Crippen molar-refractivity contribution in [3.05, 3.63) is 51.5 Å². The Morgan fingerprint density at radius 1 is 1.15 bits per heavy atom. The molecule has 0 spiro atoms. The molecule has 12 nitrogen and oxygen atoms in total. The number of carbonyl (C=O) groups is 4. The Balaban J connectivity index is 1.62. The number of aromatic hydroxyl groups is 1. The van der Waals surface area contributed by atoms with Crippen LogP contribution >= 0.6 is 0 Å². The second-order valence-electron chi connectivity index (χ2n) is 10.8. The van der Waals surface area contributed by atoms with Crippen molar-refractivity contribution < 1.29 is 44.3 Å². The molecule has 0 bridgehead atoms. The van der Waals surface area contributed by atoms with Gasteiger partial charge < -0.3 is 30.9 Å². The van der Waals surface area contributed by atoms with Gasteiger partial charge in [-0.1, -0.05) is 0 Å². The van der Waals surface area contributed by atoms with Crippen LogP contribution in [0.4, 0.5) is 0 Å². The second-order valence-corrected chi connectivity index (χ2v) is 10.8. The molecule has 0 radical (unpaired) electrons. The summed E-state index contributed by atoms with van der Waals surface area (Å²) in [6.07, 6.45) is 0.0195. The molecule has 1 aliphatic heterocycles. The fourth-order valence-corrected chi connectivity index (χ4v) is 6.56. The number of morpholine rings is 1. The normalized spacial score (nSPS) is 29.3. The summed E-state index contributed by atoms with van der Waals surface area (Å²) in [6, 6.07) is 1.63. The van der Waals surface area contributed by atoms with Crippen LogP contribution in [0.15, 0.2) is 34.8 Å². The van der Waals surface area contributed by atoms with Gasteiger partial charge in [-0.3, -0.25) is 29.0 Å². The van der Waals surface area contributed by atoms with Crippen LogP contribution in [0.25, 0.3) is 0 Å². The molecule has 0 aromatic heterocycles. The molecule has 208 valence electrons. The summed E-state index contributed by atoms with van der Waals surface area (Å²) in [5.41, 5.74) is 1.94. The van der Waals surface area contributed by atoms with E-state index < -0.39 is 63.8 Å². The van der Waals surface area contributed by atoms with Gasteiger partial charge in [0.15, 0.2) is 17.2 Å². The lowest BCUT2D eigenvalue weighted by Crippen LogP contribution is -2.63. The Labute approximate surface area is 223 Å². The van der Waals surface area contributed by atoms with E-state index in [1.165, 1.54) is 17.0 Å². The topological polar surface area (TPSA) is 191 Å². The fraction of sp³-hybridized carbons (Fsp3) is 0.481. The van der Waals surface area contributed by atoms with Gasteiger partial charge in [0.1, 0.15) is 22.8 Å². The van der Waals surface area contributed by atoms with Crippen molar-refractivity contribution in [3.8, 4) is 5.75 Å². The van der Waals surface area contributed by atoms with Gasteiger partial charge in [-0.15, -0.1) is 0 Å². The fourth-order valence-electron chi connectivity index (χ4n) is 6.56. The quantitative estimate of drug-likeness (QED) is 0.241. The van der Waals surface area contributed by atoms with E-state index in [9.17, 15) is 39.6 Å². The number of aliphatic hydroxyl groups is 3. The second kappa shape index (κ2) is 9.56. The van der Waals surface area contributed by atoms with Crippen LogP contribution in [0.2, 0.25) is 0 Å². The zero-order valence-corrected chi connectivity index (χ0v) is 21.6. The minimum atomic E-state index is -2.70. The number of amides is 1. The van der Waals surface area contributed by atoms with Gasteiger partial charge in [-0.05, 0) is 50.6 Å². The Morgan fingerprint density at radius 2 is 1.82 bits per heavy atom. The number of rotatable bonds is 5. The highest BCUT2D eigenvalue weighted by molar-refractivity contribution is 6.25. The number of hydrogen-bond donors (Lipinski definition) is 5. The van der Waals surface area contributed by atoms with Crippen molar-refractivity contribution in [2.45, 2.75) is 24.5 Å². The van der Waals surface area contributed by atoms with Crippen LogP contribution in [0, 0.1) is 11.8 Å². The minimum Gasteiger partial charge on any atom is -0.510 e. The highest BCUT2D eigenvalue weighted by Crippen LogP contribution is 2.52. The number of ether oxygens (including phenoxy) is 1. The molecule has 4 atom stereocenters. The number of nitrogens with two attached hydrogens (primary N) is 1. The molecule has 12 heteroatoms. The summed E-state index contributed by atoms with van der Waals surface area (Å²) >= 11 is 0. The first kappa shape index (κ1) is 27.0. The molecule has 0 unspecified atom stereocenters. The van der Waals surface area contributed by atoms with Crippen molar-refractivity contribution in [2.24, 2.45) is 17.6 Å². The maximum Gasteiger partial charge on any atom is 0.255 e. The number of Topliss-reactive ketones (excluding diaryl/α,β-unsaturated/α-hetero) is 3. The summed E-state index contributed by atoms with van der Waals surface area (Å²) in [4.78, 5) is 55.9. The number of carbonyl (C=O) groups excluding carboxylic acids is 4. The highest BCUT2D eigenvalue weighted by Gasteiger charge is 2.63. The van der Waals surface area contributed by atoms with Crippen LogP contribution in [0.5, 0.6) is 5.75 Å². The summed E-state index contributed by atoms with van der Waals surface area (Å²) in [6.45, 7) is 2.27. The zero-order valence-electron chi connectivity index (χ0n) is 21.6. The van der Waals surface area contributed by atoms with E-state index in [0.29, 0.717) is 31.9 Å². The van der Waals surface area contributed by atoms with Crippen LogP contribution < -0.4 is 5.73 Å². The average Bonchev–Trinajstić information content (AvgIpc) is 2.86. The lowest BCUT2D eigenvalue weighted by atomic mass is 9.58. The molecule has 1 heterocycles. The number of allylic oxidation sites excluding steroid dienone is 1. The Hall–Kier alpha value is -3.58. The number of hydrogen-bond acceptors (Lipinski definition) is 11. The number of phenolic OH excluding ortho intramolecular Hbond substituents is 1. The first-order valence-electron chi connectivity index (χ1n) is 12.7. The third-order valence-corrected chi connectivity index (χ3v) is 8.38. The summed E-state index contributed by atoms with van der Waals surface area (Å²) in [5.74, 6) is -7.48. The predicted octanol–water partition coefficient (Wildman–Crippen LogP) is -0.364. The van der Waals surface area contributed by atoms with Crippen molar-refractivity contribution >= 4 is 23.3 Å². The zero-order chi connectivity index (χ0) is 28.4. The highest BCUT2D eigenvalue weighted by atomic mass is 16.5. The number of phenols is 1. The van der Waals surface area contributed by atoms with E-state index in [1.807, 2.05) is 4.90 Å². The number of primary amides is 1. The van der Waals surface area contributed by atoms with Gasteiger partial charge in [0.25, 0.3) is 5.91 Å². The van der Waals surface area contributed by atoms with Gasteiger partial charge in [0.05, 0.1) is 31.4 Å². The predicted molar refractivity (Wildman–Crippen MR) is 135 cm³/mol. The Kier molecular flexibility index (Phi) is 6.62. The lowest BCUT2D eigenvalue weighted by molar-refractivity contribution is -0.148. The first-order valence-corrected chi connectivity index (χ1v) is 12.7. The Bertz CT molecular complexity index is 1360. The molecule has 5 rings (SSSR count). The third-order valence-electron chi connectivity index (χ3n) is 8.38. The molecule has 0 saturated carbocycles. The van der Waals surface area contributed by atoms with Gasteiger partial charge in [0.2, 0.25) is 5.78 Å². The van der Waals surface area contributed by atoms with E-state index in [-0.39, 0.29) is 41.9 Å². The molecule has 4 aliphatic rings. The molecule has 3 aliphatic carbocycles. The number of likely N-dealkylation sites (N-methyl/N-ethyl adjacent to an activating group) is 1. The molecular formula is C27H31N3O9. The SMILES string of the molecule is CN(C)[C@H]1C(O)=C(C(N)=O)C(=O)[C@@]2(O)C(O)=C3C(=O)c4c(O)ccc(C(=O)CN5CCOCC5)c4C[C@@H]3C[C@H]12. The van der Waals surface area contributed by atoms with E-state index in [1.54, 1.807) is 14.1 Å². The molecular weight excluding hydrogens is 510 g/mol. The van der Waals surface area contributed by atoms with Crippen molar-refractivity contribution in [2.75, 3.05) is 46.9 Å². The molecule has 1 amide bonds. The smallest absolute Gasteiger partial charge is 0.255 e. The van der Waals surface area contributed by atoms with E-state index in [4.69, 9.17) is 10.5 Å². The molecule has 39 heavy (non-hydrogen) atoms. The van der Waals surface area contributed by atoms with Crippen molar-refractivity contribution in [3.63, 3.8) is 0 Å². The first-order chi connectivity index (χ1) is 18.4. The number of fused-ring (bicyclic) bond motifs is 3. The summed E-state index contributed by atoms with van der Waals surface area (Å²) in [7, 11) is 3.13. The largest absolute Gasteiger partial charge is 0.510 e. The third kappa shape index (κ3) is 3.97. The van der Waals surface area contributed by atoms with Crippen molar-refractivity contribution in [1.82, 2.24) is 9.80 Å². The van der Waals surface area contributed by atoms with Gasteiger partial charge in [-0.2, -0.15) is 0 Å². The van der Waals surface area contributed by atoms with E-state index >= 15 is 0 Å². The summed E-state index contributed by atoms with van der Waals surface area (Å²) < 4.78 is 5.33. The standard InChI is InChI=1S/C27H31N3O9/c1-29(2)21-15-10-12-9-14-13(17(32)11-30-5-7-39-8-6-30)3-4-16(31)19(14)22(33)18(12)24(35)27(15,38)25(36)20(23(21)34)26(28)37/h3-4,12,15,21,31,34-35,38H,5-11H2,1-2H3,(H2,28,37)/t12-,15-,21-,27+/m1/s1. The molecule has 1 saturated heterocycles.